The normalized spacial score (nSPS) is 30.4. The molecule has 0 bridgehead atoms. The van der Waals surface area contributed by atoms with Crippen molar-refractivity contribution in [2.45, 2.75) is 19.4 Å². The number of carbonyl (C=O) groups excluding carboxylic acids is 1. The van der Waals surface area contributed by atoms with Crippen LogP contribution in [0.5, 0.6) is 0 Å². The predicted molar refractivity (Wildman–Crippen MR) is 72.3 cm³/mol. The summed E-state index contributed by atoms with van der Waals surface area (Å²) in [4.78, 5) is 14.4. The van der Waals surface area contributed by atoms with Crippen LogP contribution in [0.25, 0.3) is 0 Å². The molecule has 0 aromatic heterocycles. The third kappa shape index (κ3) is 3.86. The SMILES string of the molecule is CC1NCCC1C(=O)NCCN1CCSCC1. The van der Waals surface area contributed by atoms with E-state index in [1.54, 1.807) is 0 Å². The third-order valence-corrected chi connectivity index (χ3v) is 4.64. The number of amides is 1. The lowest BCUT2D eigenvalue weighted by Gasteiger charge is -2.26. The molecule has 5 heteroatoms. The summed E-state index contributed by atoms with van der Waals surface area (Å²) in [6.07, 6.45) is 0.980. The largest absolute Gasteiger partial charge is 0.355 e. The summed E-state index contributed by atoms with van der Waals surface area (Å²) in [5, 5.41) is 6.39. The Morgan fingerprint density at radius 3 is 2.88 bits per heavy atom. The Morgan fingerprint density at radius 2 is 2.24 bits per heavy atom. The molecule has 0 spiro atoms. The minimum atomic E-state index is 0.173. The maximum absolute atomic E-state index is 11.9. The van der Waals surface area contributed by atoms with Crippen molar-refractivity contribution < 1.29 is 4.79 Å². The minimum Gasteiger partial charge on any atom is -0.355 e. The summed E-state index contributed by atoms with van der Waals surface area (Å²) in [6, 6.07) is 0.335. The summed E-state index contributed by atoms with van der Waals surface area (Å²) in [6.45, 7) is 7.21. The van der Waals surface area contributed by atoms with Gasteiger partial charge in [0.25, 0.3) is 0 Å². The van der Waals surface area contributed by atoms with Gasteiger partial charge < -0.3 is 10.6 Å². The Kier molecular flexibility index (Phi) is 5.13. The average molecular weight is 257 g/mol. The molecule has 98 valence electrons. The van der Waals surface area contributed by atoms with Crippen LogP contribution >= 0.6 is 11.8 Å². The average Bonchev–Trinajstić information content (AvgIpc) is 2.77. The molecule has 0 aromatic carbocycles. The molecule has 2 fully saturated rings. The highest BCUT2D eigenvalue weighted by Gasteiger charge is 2.28. The van der Waals surface area contributed by atoms with E-state index in [1.807, 2.05) is 11.8 Å². The van der Waals surface area contributed by atoms with Gasteiger partial charge in [0.15, 0.2) is 0 Å². The second kappa shape index (κ2) is 6.61. The second-order valence-electron chi connectivity index (χ2n) is 4.88. The van der Waals surface area contributed by atoms with Crippen LogP contribution in [0.2, 0.25) is 0 Å². The first-order valence-corrected chi connectivity index (χ1v) is 7.74. The fourth-order valence-corrected chi connectivity index (χ4v) is 3.49. The summed E-state index contributed by atoms with van der Waals surface area (Å²) < 4.78 is 0. The van der Waals surface area contributed by atoms with Crippen molar-refractivity contribution in [2.24, 2.45) is 5.92 Å². The van der Waals surface area contributed by atoms with Crippen molar-refractivity contribution in [3.05, 3.63) is 0 Å². The summed E-state index contributed by atoms with van der Waals surface area (Å²) in [5.74, 6) is 2.87. The first kappa shape index (κ1) is 13.2. The molecule has 2 saturated heterocycles. The second-order valence-corrected chi connectivity index (χ2v) is 6.11. The number of rotatable bonds is 4. The first-order valence-electron chi connectivity index (χ1n) is 6.58. The van der Waals surface area contributed by atoms with E-state index >= 15 is 0 Å². The monoisotopic (exact) mass is 257 g/mol. The number of carbonyl (C=O) groups is 1. The quantitative estimate of drug-likeness (QED) is 0.752. The van der Waals surface area contributed by atoms with Crippen LogP contribution in [0.3, 0.4) is 0 Å². The van der Waals surface area contributed by atoms with Crippen LogP contribution in [0.1, 0.15) is 13.3 Å². The van der Waals surface area contributed by atoms with Gasteiger partial charge in [0.2, 0.25) is 5.91 Å². The standard InChI is InChI=1S/C12H23N3OS/c1-10-11(2-3-13-10)12(16)14-4-5-15-6-8-17-9-7-15/h10-11,13H,2-9H2,1H3,(H,14,16). The van der Waals surface area contributed by atoms with Gasteiger partial charge >= 0.3 is 0 Å². The molecule has 1 amide bonds. The van der Waals surface area contributed by atoms with Crippen molar-refractivity contribution in [1.82, 2.24) is 15.5 Å². The summed E-state index contributed by atoms with van der Waals surface area (Å²) >= 11 is 2.02. The molecule has 0 aliphatic carbocycles. The number of hydrogen-bond acceptors (Lipinski definition) is 4. The minimum absolute atomic E-state index is 0.173. The lowest BCUT2D eigenvalue weighted by atomic mass is 10.0. The Balaban J connectivity index is 1.62. The number of nitrogens with zero attached hydrogens (tertiary/aromatic N) is 1. The van der Waals surface area contributed by atoms with Crippen molar-refractivity contribution in [1.29, 1.82) is 0 Å². The van der Waals surface area contributed by atoms with E-state index in [2.05, 4.69) is 22.5 Å². The molecule has 4 nitrogen and oxygen atoms in total. The van der Waals surface area contributed by atoms with E-state index in [1.165, 1.54) is 24.6 Å². The molecule has 0 saturated carbocycles. The fraction of sp³-hybridized carbons (Fsp3) is 0.917. The van der Waals surface area contributed by atoms with Gasteiger partial charge in [0.05, 0.1) is 5.92 Å². The van der Waals surface area contributed by atoms with E-state index in [-0.39, 0.29) is 11.8 Å². The maximum atomic E-state index is 11.9. The van der Waals surface area contributed by atoms with Crippen LogP contribution in [0.4, 0.5) is 0 Å². The highest BCUT2D eigenvalue weighted by molar-refractivity contribution is 7.99. The van der Waals surface area contributed by atoms with Crippen molar-refractivity contribution in [2.75, 3.05) is 44.2 Å². The van der Waals surface area contributed by atoms with E-state index < -0.39 is 0 Å². The van der Waals surface area contributed by atoms with Gasteiger partial charge in [-0.2, -0.15) is 11.8 Å². The zero-order valence-electron chi connectivity index (χ0n) is 10.6. The van der Waals surface area contributed by atoms with Gasteiger partial charge in [0.1, 0.15) is 0 Å². The molecule has 17 heavy (non-hydrogen) atoms. The highest BCUT2D eigenvalue weighted by Crippen LogP contribution is 2.14. The molecule has 2 heterocycles. The van der Waals surface area contributed by atoms with E-state index in [0.29, 0.717) is 6.04 Å². The van der Waals surface area contributed by atoms with Crippen LogP contribution in [0.15, 0.2) is 0 Å². The van der Waals surface area contributed by atoms with Gasteiger partial charge in [-0.15, -0.1) is 0 Å². The molecule has 2 unspecified atom stereocenters. The summed E-state index contributed by atoms with van der Waals surface area (Å²) in [7, 11) is 0. The smallest absolute Gasteiger partial charge is 0.224 e. The topological polar surface area (TPSA) is 44.4 Å². The Hall–Kier alpha value is -0.260. The molecule has 0 aromatic rings. The Morgan fingerprint density at radius 1 is 1.47 bits per heavy atom. The van der Waals surface area contributed by atoms with E-state index in [4.69, 9.17) is 0 Å². The van der Waals surface area contributed by atoms with Gasteiger partial charge in [-0.1, -0.05) is 0 Å². The Labute approximate surface area is 108 Å². The van der Waals surface area contributed by atoms with Crippen LogP contribution in [-0.4, -0.2) is 61.1 Å². The van der Waals surface area contributed by atoms with E-state index in [0.717, 1.165) is 26.1 Å². The molecule has 2 aliphatic heterocycles. The maximum Gasteiger partial charge on any atom is 0.224 e. The predicted octanol–water partition coefficient (Wildman–Crippen LogP) is 0.149. The van der Waals surface area contributed by atoms with Crippen molar-refractivity contribution >= 4 is 17.7 Å². The molecular weight excluding hydrogens is 234 g/mol. The fourth-order valence-electron chi connectivity index (χ4n) is 2.51. The zero-order chi connectivity index (χ0) is 12.1. The molecule has 2 aliphatic rings. The lowest BCUT2D eigenvalue weighted by molar-refractivity contribution is -0.125. The van der Waals surface area contributed by atoms with Gasteiger partial charge in [-0.05, 0) is 19.9 Å². The van der Waals surface area contributed by atoms with Crippen molar-refractivity contribution in [3.8, 4) is 0 Å². The number of thioether (sulfide) groups is 1. The first-order chi connectivity index (χ1) is 8.27. The lowest BCUT2D eigenvalue weighted by Crippen LogP contribution is -2.42. The molecule has 2 atom stereocenters. The van der Waals surface area contributed by atoms with Gasteiger partial charge in [0, 0.05) is 43.7 Å². The van der Waals surface area contributed by atoms with Gasteiger partial charge in [-0.3, -0.25) is 9.69 Å². The third-order valence-electron chi connectivity index (χ3n) is 3.69. The summed E-state index contributed by atoms with van der Waals surface area (Å²) in [5.41, 5.74) is 0. The molecule has 2 rings (SSSR count). The Bertz CT molecular complexity index is 256. The van der Waals surface area contributed by atoms with Crippen LogP contribution in [0, 0.1) is 5.92 Å². The van der Waals surface area contributed by atoms with E-state index in [9.17, 15) is 4.79 Å². The van der Waals surface area contributed by atoms with Crippen molar-refractivity contribution in [3.63, 3.8) is 0 Å². The molecule has 2 N–H and O–H groups in total. The molecule has 0 radical (unpaired) electrons. The number of hydrogen-bond donors (Lipinski definition) is 2. The molecular formula is C12H23N3OS. The highest BCUT2D eigenvalue weighted by atomic mass is 32.2. The van der Waals surface area contributed by atoms with Gasteiger partial charge in [-0.25, -0.2) is 0 Å². The number of nitrogens with one attached hydrogen (secondary N) is 2. The zero-order valence-corrected chi connectivity index (χ0v) is 11.4. The van der Waals surface area contributed by atoms with Crippen LogP contribution in [-0.2, 0) is 4.79 Å². The van der Waals surface area contributed by atoms with Crippen LogP contribution < -0.4 is 10.6 Å².